The summed E-state index contributed by atoms with van der Waals surface area (Å²) < 4.78 is 0. The van der Waals surface area contributed by atoms with Crippen molar-refractivity contribution in [2.45, 2.75) is 6.42 Å². The van der Waals surface area contributed by atoms with Crippen molar-refractivity contribution in [1.82, 2.24) is 0 Å². The molecule has 2 N–H and O–H groups in total. The lowest BCUT2D eigenvalue weighted by molar-refractivity contribution is -0.115. The van der Waals surface area contributed by atoms with Crippen molar-refractivity contribution >= 4 is 52.1 Å². The zero-order chi connectivity index (χ0) is 15.2. The Balaban J connectivity index is 1.83. The second-order valence-corrected chi connectivity index (χ2v) is 5.58. The highest BCUT2D eigenvalue weighted by atomic mass is 35.5. The van der Waals surface area contributed by atoms with Crippen LogP contribution < -0.4 is 10.6 Å². The Bertz CT molecular complexity index is 647. The summed E-state index contributed by atoms with van der Waals surface area (Å²) >= 11 is 17.8. The molecule has 1 amide bonds. The van der Waals surface area contributed by atoms with Gasteiger partial charge in [-0.2, -0.15) is 0 Å². The minimum absolute atomic E-state index is 0.124. The average Bonchev–Trinajstić information content (AvgIpc) is 2.44. The number of para-hydroxylation sites is 1. The predicted molar refractivity (Wildman–Crippen MR) is 89.7 cm³/mol. The molecule has 6 heteroatoms. The van der Waals surface area contributed by atoms with Gasteiger partial charge in [0.25, 0.3) is 0 Å². The van der Waals surface area contributed by atoms with Gasteiger partial charge in [0, 0.05) is 18.0 Å². The van der Waals surface area contributed by atoms with E-state index in [-0.39, 0.29) is 5.91 Å². The Morgan fingerprint density at radius 1 is 0.952 bits per heavy atom. The fraction of sp³-hybridized carbons (Fsp3) is 0.133. The molecule has 0 aliphatic carbocycles. The summed E-state index contributed by atoms with van der Waals surface area (Å²) in [4.78, 5) is 11.8. The monoisotopic (exact) mass is 342 g/mol. The molecule has 0 saturated heterocycles. The molecule has 0 fully saturated rings. The van der Waals surface area contributed by atoms with Gasteiger partial charge in [-0.1, -0.05) is 46.9 Å². The van der Waals surface area contributed by atoms with Crippen LogP contribution in [0.3, 0.4) is 0 Å². The molecule has 0 radical (unpaired) electrons. The van der Waals surface area contributed by atoms with E-state index in [1.165, 1.54) is 0 Å². The molecule has 0 heterocycles. The molecule has 0 aromatic heterocycles. The Morgan fingerprint density at radius 3 is 2.43 bits per heavy atom. The van der Waals surface area contributed by atoms with Crippen molar-refractivity contribution in [1.29, 1.82) is 0 Å². The lowest BCUT2D eigenvalue weighted by Crippen LogP contribution is -2.16. The number of anilines is 2. The summed E-state index contributed by atoms with van der Waals surface area (Å²) in [6.45, 7) is 0.456. The topological polar surface area (TPSA) is 41.1 Å². The summed E-state index contributed by atoms with van der Waals surface area (Å²) in [6, 6.07) is 12.3. The van der Waals surface area contributed by atoms with Crippen LogP contribution in [-0.2, 0) is 4.79 Å². The number of carbonyl (C=O) groups excluding carboxylic acids is 1. The number of amides is 1. The van der Waals surface area contributed by atoms with Gasteiger partial charge in [-0.3, -0.25) is 4.79 Å². The van der Waals surface area contributed by atoms with E-state index in [4.69, 9.17) is 34.8 Å². The van der Waals surface area contributed by atoms with Gasteiger partial charge in [0.2, 0.25) is 5.91 Å². The van der Waals surface area contributed by atoms with Crippen LogP contribution in [0.15, 0.2) is 42.5 Å². The van der Waals surface area contributed by atoms with E-state index >= 15 is 0 Å². The lowest BCUT2D eigenvalue weighted by atomic mass is 10.3. The van der Waals surface area contributed by atoms with Crippen LogP contribution in [-0.4, -0.2) is 12.5 Å². The Hall–Kier alpha value is -1.42. The molecule has 0 bridgehead atoms. The van der Waals surface area contributed by atoms with Gasteiger partial charge < -0.3 is 10.6 Å². The summed E-state index contributed by atoms with van der Waals surface area (Å²) in [7, 11) is 0. The van der Waals surface area contributed by atoms with Crippen LogP contribution >= 0.6 is 34.8 Å². The molecule has 110 valence electrons. The SMILES string of the molecule is O=C(CCNc1ccc(Cl)cc1Cl)Nc1ccccc1Cl. The third-order valence-corrected chi connectivity index (χ3v) is 3.62. The van der Waals surface area contributed by atoms with E-state index in [0.29, 0.717) is 33.7 Å². The van der Waals surface area contributed by atoms with Gasteiger partial charge in [0.1, 0.15) is 0 Å². The molecule has 2 aromatic carbocycles. The molecule has 0 spiro atoms. The van der Waals surface area contributed by atoms with Gasteiger partial charge in [-0.05, 0) is 30.3 Å². The van der Waals surface area contributed by atoms with Crippen molar-refractivity contribution in [3.05, 3.63) is 57.5 Å². The third-order valence-electron chi connectivity index (χ3n) is 2.75. The smallest absolute Gasteiger partial charge is 0.226 e. The van der Waals surface area contributed by atoms with Crippen LogP contribution in [0.25, 0.3) is 0 Å². The number of hydrogen-bond donors (Lipinski definition) is 2. The zero-order valence-electron chi connectivity index (χ0n) is 11.0. The van der Waals surface area contributed by atoms with Gasteiger partial charge in [-0.25, -0.2) is 0 Å². The first-order valence-corrected chi connectivity index (χ1v) is 7.43. The van der Waals surface area contributed by atoms with E-state index in [0.717, 1.165) is 5.69 Å². The number of hydrogen-bond acceptors (Lipinski definition) is 2. The van der Waals surface area contributed by atoms with Crippen molar-refractivity contribution in [3.8, 4) is 0 Å². The summed E-state index contributed by atoms with van der Waals surface area (Å²) in [5.41, 5.74) is 1.35. The maximum atomic E-state index is 11.8. The first-order chi connectivity index (χ1) is 10.1. The Morgan fingerprint density at radius 2 is 1.71 bits per heavy atom. The predicted octanol–water partition coefficient (Wildman–Crippen LogP) is 5.09. The number of benzene rings is 2. The highest BCUT2D eigenvalue weighted by Gasteiger charge is 2.06. The third kappa shape index (κ3) is 4.81. The van der Waals surface area contributed by atoms with Gasteiger partial charge in [-0.15, -0.1) is 0 Å². The second-order valence-electron chi connectivity index (χ2n) is 4.33. The van der Waals surface area contributed by atoms with E-state index in [2.05, 4.69) is 10.6 Å². The molecular formula is C15H13Cl3N2O. The van der Waals surface area contributed by atoms with E-state index < -0.39 is 0 Å². The minimum Gasteiger partial charge on any atom is -0.383 e. The van der Waals surface area contributed by atoms with Gasteiger partial charge in [0.15, 0.2) is 0 Å². The fourth-order valence-electron chi connectivity index (χ4n) is 1.72. The van der Waals surface area contributed by atoms with Crippen LogP contribution in [0, 0.1) is 0 Å². The number of carbonyl (C=O) groups is 1. The molecular weight excluding hydrogens is 331 g/mol. The maximum absolute atomic E-state index is 11.8. The molecule has 0 atom stereocenters. The molecule has 2 rings (SSSR count). The van der Waals surface area contributed by atoms with Crippen molar-refractivity contribution in [2.75, 3.05) is 17.2 Å². The first-order valence-electron chi connectivity index (χ1n) is 6.29. The molecule has 2 aromatic rings. The van der Waals surface area contributed by atoms with Crippen LogP contribution in [0.2, 0.25) is 15.1 Å². The van der Waals surface area contributed by atoms with E-state index in [1.54, 1.807) is 30.3 Å². The largest absolute Gasteiger partial charge is 0.383 e. The van der Waals surface area contributed by atoms with E-state index in [1.807, 2.05) is 12.1 Å². The number of nitrogens with one attached hydrogen (secondary N) is 2. The summed E-state index contributed by atoms with van der Waals surface area (Å²) in [5, 5.41) is 7.45. The summed E-state index contributed by atoms with van der Waals surface area (Å²) in [6.07, 6.45) is 0.296. The first kappa shape index (κ1) is 16.0. The molecule has 3 nitrogen and oxygen atoms in total. The Kier molecular flexibility index (Phi) is 5.74. The maximum Gasteiger partial charge on any atom is 0.226 e. The number of rotatable bonds is 5. The van der Waals surface area contributed by atoms with Gasteiger partial charge >= 0.3 is 0 Å². The van der Waals surface area contributed by atoms with Crippen molar-refractivity contribution in [2.24, 2.45) is 0 Å². The molecule has 0 unspecified atom stereocenters. The average molecular weight is 344 g/mol. The summed E-state index contributed by atoms with van der Waals surface area (Å²) in [5.74, 6) is -0.124. The minimum atomic E-state index is -0.124. The van der Waals surface area contributed by atoms with Crippen molar-refractivity contribution < 1.29 is 4.79 Å². The second kappa shape index (κ2) is 7.55. The van der Waals surface area contributed by atoms with E-state index in [9.17, 15) is 4.79 Å². The molecule has 0 aliphatic heterocycles. The standard InChI is InChI=1S/C15H13Cl3N2O/c16-10-5-6-13(12(18)9-10)19-8-7-15(21)20-14-4-2-1-3-11(14)17/h1-6,9,19H,7-8H2,(H,20,21). The number of halogens is 3. The fourth-order valence-corrected chi connectivity index (χ4v) is 2.38. The molecule has 0 aliphatic rings. The van der Waals surface area contributed by atoms with Crippen LogP contribution in [0.1, 0.15) is 6.42 Å². The van der Waals surface area contributed by atoms with Crippen molar-refractivity contribution in [3.63, 3.8) is 0 Å². The quantitative estimate of drug-likeness (QED) is 0.794. The van der Waals surface area contributed by atoms with Gasteiger partial charge in [0.05, 0.1) is 21.4 Å². The van der Waals surface area contributed by atoms with Crippen LogP contribution in [0.5, 0.6) is 0 Å². The molecule has 21 heavy (non-hydrogen) atoms. The highest BCUT2D eigenvalue weighted by Crippen LogP contribution is 2.25. The zero-order valence-corrected chi connectivity index (χ0v) is 13.3. The highest BCUT2D eigenvalue weighted by molar-refractivity contribution is 6.36. The Labute approximate surface area is 138 Å². The normalized spacial score (nSPS) is 10.2. The lowest BCUT2D eigenvalue weighted by Gasteiger charge is -2.10. The molecule has 0 saturated carbocycles. The van der Waals surface area contributed by atoms with Crippen LogP contribution in [0.4, 0.5) is 11.4 Å².